The molecule has 2 atom stereocenters. The number of aryl methyl sites for hydroxylation is 1. The van der Waals surface area contributed by atoms with Crippen LogP contribution >= 0.6 is 0 Å². The van der Waals surface area contributed by atoms with Crippen LogP contribution in [0.2, 0.25) is 0 Å². The molecule has 0 aliphatic carbocycles. The molecule has 0 amide bonds. The fraction of sp³-hybridized carbons (Fsp3) is 0.583. The minimum absolute atomic E-state index is 0.649. The van der Waals surface area contributed by atoms with Gasteiger partial charge < -0.3 is 0 Å². The maximum absolute atomic E-state index is 4.57. The number of nitrogens with zero attached hydrogens (tertiary/aromatic N) is 2. The van der Waals surface area contributed by atoms with E-state index in [4.69, 9.17) is 0 Å². The van der Waals surface area contributed by atoms with Gasteiger partial charge in [-0.3, -0.25) is 9.88 Å². The van der Waals surface area contributed by atoms with Gasteiger partial charge in [0.15, 0.2) is 0 Å². The van der Waals surface area contributed by atoms with E-state index in [0.717, 1.165) is 12.5 Å². The Hall–Kier alpha value is -0.890. The summed E-state index contributed by atoms with van der Waals surface area (Å²) in [5.74, 6) is 0. The summed E-state index contributed by atoms with van der Waals surface area (Å²) in [6.07, 6.45) is 5.82. The number of hydrogen-bond donors (Lipinski definition) is 0. The van der Waals surface area contributed by atoms with E-state index >= 15 is 0 Å². The second kappa shape index (κ2) is 2.80. The zero-order chi connectivity index (χ0) is 9.71. The maximum Gasteiger partial charge on any atom is 0.0467 e. The molecule has 0 N–H and O–H groups in total. The van der Waals surface area contributed by atoms with E-state index in [1.54, 1.807) is 0 Å². The molecule has 2 aliphatic rings. The lowest BCUT2D eigenvalue weighted by atomic mass is 9.97. The Bertz CT molecular complexity index is 373. The van der Waals surface area contributed by atoms with Gasteiger partial charge in [0.2, 0.25) is 0 Å². The van der Waals surface area contributed by atoms with Crippen LogP contribution < -0.4 is 0 Å². The highest BCUT2D eigenvalue weighted by Gasteiger charge is 2.37. The molecule has 0 saturated carbocycles. The van der Waals surface area contributed by atoms with Gasteiger partial charge in [0.1, 0.15) is 0 Å². The molecule has 14 heavy (non-hydrogen) atoms. The first-order chi connectivity index (χ1) is 6.75. The summed E-state index contributed by atoms with van der Waals surface area (Å²) in [5.41, 5.74) is 4.13. The molecule has 0 spiro atoms. The number of aromatic nitrogens is 1. The summed E-state index contributed by atoms with van der Waals surface area (Å²) in [6, 6.07) is 3.73. The molecule has 2 heteroatoms. The molecule has 1 saturated heterocycles. The van der Waals surface area contributed by atoms with Gasteiger partial charge in [-0.1, -0.05) is 6.07 Å². The van der Waals surface area contributed by atoms with Crippen molar-refractivity contribution in [3.05, 3.63) is 29.1 Å². The Morgan fingerprint density at radius 1 is 1.43 bits per heavy atom. The summed E-state index contributed by atoms with van der Waals surface area (Å²) in [4.78, 5) is 7.10. The van der Waals surface area contributed by atoms with Gasteiger partial charge >= 0.3 is 0 Å². The Kier molecular flexibility index (Phi) is 1.68. The normalized spacial score (nSPS) is 30.4. The van der Waals surface area contributed by atoms with Crippen molar-refractivity contribution in [2.45, 2.75) is 38.3 Å². The molecule has 3 heterocycles. The highest BCUT2D eigenvalue weighted by molar-refractivity contribution is 5.32. The molecule has 1 fully saturated rings. The summed E-state index contributed by atoms with van der Waals surface area (Å²) in [7, 11) is 2.26. The molecule has 1 aromatic heterocycles. The van der Waals surface area contributed by atoms with E-state index in [9.17, 15) is 0 Å². The second-order valence-electron chi connectivity index (χ2n) is 4.67. The molecule has 0 aromatic carbocycles. The van der Waals surface area contributed by atoms with Crippen molar-refractivity contribution < 1.29 is 0 Å². The highest BCUT2D eigenvalue weighted by atomic mass is 15.2. The average Bonchev–Trinajstić information content (AvgIpc) is 2.43. The Morgan fingerprint density at radius 3 is 3.14 bits per heavy atom. The van der Waals surface area contributed by atoms with Crippen LogP contribution in [0.15, 0.2) is 12.3 Å². The minimum atomic E-state index is 0.649. The van der Waals surface area contributed by atoms with E-state index in [1.165, 1.54) is 29.7 Å². The first-order valence-corrected chi connectivity index (χ1v) is 5.43. The lowest BCUT2D eigenvalue weighted by Gasteiger charge is -2.32. The van der Waals surface area contributed by atoms with Crippen molar-refractivity contribution in [1.82, 2.24) is 9.88 Å². The first-order valence-electron chi connectivity index (χ1n) is 5.43. The van der Waals surface area contributed by atoms with E-state index in [1.807, 2.05) is 6.20 Å². The predicted molar refractivity (Wildman–Crippen MR) is 56.2 cm³/mol. The molecule has 3 rings (SSSR count). The molecular formula is C12H16N2. The lowest BCUT2D eigenvalue weighted by Crippen LogP contribution is -2.34. The molecular weight excluding hydrogens is 172 g/mol. The lowest BCUT2D eigenvalue weighted by molar-refractivity contribution is 0.222. The minimum Gasteiger partial charge on any atom is -0.296 e. The van der Waals surface area contributed by atoms with E-state index in [2.05, 4.69) is 29.9 Å². The molecule has 2 unspecified atom stereocenters. The Morgan fingerprint density at radius 2 is 2.29 bits per heavy atom. The average molecular weight is 188 g/mol. The van der Waals surface area contributed by atoms with Crippen molar-refractivity contribution in [2.75, 3.05) is 7.05 Å². The number of pyridine rings is 1. The third-order valence-electron chi connectivity index (χ3n) is 3.77. The van der Waals surface area contributed by atoms with Crippen molar-refractivity contribution in [2.24, 2.45) is 0 Å². The number of likely N-dealkylation sites (N-methyl/N-ethyl adjacent to an activating group) is 1. The maximum atomic E-state index is 4.57. The van der Waals surface area contributed by atoms with Gasteiger partial charge in [-0.05, 0) is 37.9 Å². The number of rotatable bonds is 0. The van der Waals surface area contributed by atoms with E-state index in [-0.39, 0.29) is 0 Å². The van der Waals surface area contributed by atoms with Crippen molar-refractivity contribution in [3.8, 4) is 0 Å². The third-order valence-corrected chi connectivity index (χ3v) is 3.77. The van der Waals surface area contributed by atoms with Crippen LogP contribution in [0.5, 0.6) is 0 Å². The standard InChI is InChI=1S/C12H16N2/c1-8-5-10-11(13-7-8)6-9-3-4-12(10)14(9)2/h5,7,9,12H,3-4,6H2,1-2H3. The largest absolute Gasteiger partial charge is 0.296 e. The van der Waals surface area contributed by atoms with Gasteiger partial charge in [-0.25, -0.2) is 0 Å². The summed E-state index contributed by atoms with van der Waals surface area (Å²) in [6.45, 7) is 2.13. The van der Waals surface area contributed by atoms with Gasteiger partial charge in [-0.2, -0.15) is 0 Å². The van der Waals surface area contributed by atoms with Gasteiger partial charge in [0.25, 0.3) is 0 Å². The van der Waals surface area contributed by atoms with Crippen LogP contribution in [0, 0.1) is 6.92 Å². The molecule has 2 aliphatic heterocycles. The summed E-state index contributed by atoms with van der Waals surface area (Å²) < 4.78 is 0. The molecule has 2 nitrogen and oxygen atoms in total. The third kappa shape index (κ3) is 1.04. The van der Waals surface area contributed by atoms with Crippen LogP contribution in [0.1, 0.15) is 35.7 Å². The fourth-order valence-electron chi connectivity index (χ4n) is 2.94. The zero-order valence-electron chi connectivity index (χ0n) is 8.83. The first kappa shape index (κ1) is 8.42. The smallest absolute Gasteiger partial charge is 0.0467 e. The summed E-state index contributed by atoms with van der Waals surface area (Å²) >= 11 is 0. The van der Waals surface area contributed by atoms with Crippen LogP contribution in [-0.4, -0.2) is 23.0 Å². The van der Waals surface area contributed by atoms with Gasteiger partial charge in [0, 0.05) is 30.4 Å². The Balaban J connectivity index is 2.12. The number of fused-ring (bicyclic) bond motifs is 4. The van der Waals surface area contributed by atoms with Crippen LogP contribution in [-0.2, 0) is 6.42 Å². The van der Waals surface area contributed by atoms with Crippen molar-refractivity contribution in [1.29, 1.82) is 0 Å². The molecule has 1 aromatic rings. The van der Waals surface area contributed by atoms with Crippen LogP contribution in [0.3, 0.4) is 0 Å². The fourth-order valence-corrected chi connectivity index (χ4v) is 2.94. The zero-order valence-corrected chi connectivity index (χ0v) is 8.83. The van der Waals surface area contributed by atoms with Gasteiger partial charge in [0.05, 0.1) is 0 Å². The molecule has 74 valence electrons. The van der Waals surface area contributed by atoms with Crippen LogP contribution in [0.25, 0.3) is 0 Å². The van der Waals surface area contributed by atoms with E-state index < -0.39 is 0 Å². The van der Waals surface area contributed by atoms with Crippen LogP contribution in [0.4, 0.5) is 0 Å². The topological polar surface area (TPSA) is 16.1 Å². The van der Waals surface area contributed by atoms with Gasteiger partial charge in [-0.15, -0.1) is 0 Å². The predicted octanol–water partition coefficient (Wildman–Crippen LogP) is 2.08. The molecule has 0 radical (unpaired) electrons. The monoisotopic (exact) mass is 188 g/mol. The van der Waals surface area contributed by atoms with Crippen molar-refractivity contribution >= 4 is 0 Å². The van der Waals surface area contributed by atoms with E-state index in [0.29, 0.717) is 6.04 Å². The quantitative estimate of drug-likeness (QED) is 0.619. The van der Waals surface area contributed by atoms with Crippen molar-refractivity contribution in [3.63, 3.8) is 0 Å². The SMILES string of the molecule is Cc1cnc2c(c1)C1CCC(C2)N1C. The Labute approximate surface area is 85.0 Å². The number of hydrogen-bond acceptors (Lipinski definition) is 2. The summed E-state index contributed by atoms with van der Waals surface area (Å²) in [5, 5.41) is 0. The molecule has 2 bridgehead atoms. The second-order valence-corrected chi connectivity index (χ2v) is 4.67. The highest BCUT2D eigenvalue weighted by Crippen LogP contribution is 2.41.